The first-order valence-electron chi connectivity index (χ1n) is 3.41. The summed E-state index contributed by atoms with van der Waals surface area (Å²) in [5.74, 6) is -1.21. The smallest absolute Gasteiger partial charge is 0.407 e. The van der Waals surface area contributed by atoms with E-state index in [2.05, 4.69) is 23.2 Å². The number of carboxylic acid groups (broad SMARTS) is 1. The quantitative estimate of drug-likeness (QED) is 0.627. The van der Waals surface area contributed by atoms with Gasteiger partial charge in [-0.2, -0.15) is 0 Å². The molecule has 0 radical (unpaired) electrons. The molecule has 5 nitrogen and oxygen atoms in total. The molecule has 0 aromatic rings. The lowest BCUT2D eigenvalue weighted by molar-refractivity contribution is -0.138. The van der Waals surface area contributed by atoms with E-state index in [1.165, 1.54) is 6.08 Å². The van der Waals surface area contributed by atoms with E-state index < -0.39 is 18.1 Å². The fourth-order valence-corrected chi connectivity index (χ4v) is 0.608. The van der Waals surface area contributed by atoms with E-state index in [-0.39, 0.29) is 5.57 Å². The van der Waals surface area contributed by atoms with Gasteiger partial charge in [-0.1, -0.05) is 19.2 Å². The predicted molar refractivity (Wildman–Crippen MR) is 46.3 cm³/mol. The third-order valence-electron chi connectivity index (χ3n) is 1.33. The van der Waals surface area contributed by atoms with Crippen molar-refractivity contribution in [3.05, 3.63) is 24.8 Å². The number of amides is 1. The number of hydrogen-bond acceptors (Lipinski definition) is 3. The number of carbonyl (C=O) groups excluding carboxylic acids is 1. The lowest BCUT2D eigenvalue weighted by Gasteiger charge is -2.12. The van der Waals surface area contributed by atoms with Gasteiger partial charge in [0.05, 0.1) is 7.11 Å². The first kappa shape index (κ1) is 11.2. The van der Waals surface area contributed by atoms with Gasteiger partial charge in [0.15, 0.2) is 6.04 Å². The van der Waals surface area contributed by atoms with Crippen molar-refractivity contribution in [3.63, 3.8) is 0 Å². The highest BCUT2D eigenvalue weighted by molar-refractivity contribution is 5.83. The number of ether oxygens (including phenoxy) is 1. The van der Waals surface area contributed by atoms with Crippen LogP contribution in [0.4, 0.5) is 4.79 Å². The molecule has 0 aliphatic carbocycles. The maximum atomic E-state index is 10.7. The first-order chi connectivity index (χ1) is 6.02. The van der Waals surface area contributed by atoms with Crippen molar-refractivity contribution in [1.82, 2.24) is 5.32 Å². The summed E-state index contributed by atoms with van der Waals surface area (Å²) in [5, 5.41) is 10.7. The Hall–Kier alpha value is -1.78. The Morgan fingerprint density at radius 2 is 2.15 bits per heavy atom. The molecule has 1 atom stereocenters. The van der Waals surface area contributed by atoms with Crippen LogP contribution in [-0.2, 0) is 9.53 Å². The number of hydrogen-bond donors (Lipinski definition) is 2. The van der Waals surface area contributed by atoms with Crippen molar-refractivity contribution in [2.75, 3.05) is 7.11 Å². The summed E-state index contributed by atoms with van der Waals surface area (Å²) in [6.45, 7) is 6.75. The summed E-state index contributed by atoms with van der Waals surface area (Å²) >= 11 is 0. The van der Waals surface area contributed by atoms with E-state index in [1.807, 2.05) is 0 Å². The fourth-order valence-electron chi connectivity index (χ4n) is 0.608. The molecule has 0 aromatic heterocycles. The van der Waals surface area contributed by atoms with Crippen LogP contribution in [0.2, 0.25) is 0 Å². The number of alkyl carbamates (subject to hydrolysis) is 1. The molecule has 0 unspecified atom stereocenters. The van der Waals surface area contributed by atoms with Crippen LogP contribution in [0.25, 0.3) is 0 Å². The number of carboxylic acids is 1. The molecule has 0 heterocycles. The van der Waals surface area contributed by atoms with Gasteiger partial charge in [-0.05, 0) is 5.57 Å². The summed E-state index contributed by atoms with van der Waals surface area (Å²) in [7, 11) is 1.14. The van der Waals surface area contributed by atoms with Crippen molar-refractivity contribution in [2.24, 2.45) is 0 Å². The Morgan fingerprint density at radius 1 is 1.62 bits per heavy atom. The molecule has 5 heteroatoms. The molecule has 0 aromatic carbocycles. The summed E-state index contributed by atoms with van der Waals surface area (Å²) in [5.41, 5.74) is 0.193. The lowest BCUT2D eigenvalue weighted by atomic mass is 10.1. The molecule has 13 heavy (non-hydrogen) atoms. The zero-order valence-corrected chi connectivity index (χ0v) is 7.24. The number of aliphatic carboxylic acids is 1. The second-order valence-electron chi connectivity index (χ2n) is 2.19. The van der Waals surface area contributed by atoms with E-state index >= 15 is 0 Å². The van der Waals surface area contributed by atoms with Crippen LogP contribution in [0.1, 0.15) is 0 Å². The third-order valence-corrected chi connectivity index (χ3v) is 1.33. The summed E-state index contributed by atoms with van der Waals surface area (Å²) < 4.78 is 4.24. The first-order valence-corrected chi connectivity index (χ1v) is 3.41. The second-order valence-corrected chi connectivity index (χ2v) is 2.19. The topological polar surface area (TPSA) is 75.6 Å². The zero-order valence-electron chi connectivity index (χ0n) is 7.24. The van der Waals surface area contributed by atoms with Gasteiger partial charge in [0.1, 0.15) is 0 Å². The van der Waals surface area contributed by atoms with Gasteiger partial charge >= 0.3 is 12.1 Å². The van der Waals surface area contributed by atoms with Crippen LogP contribution < -0.4 is 5.32 Å². The van der Waals surface area contributed by atoms with Gasteiger partial charge in [-0.25, -0.2) is 9.59 Å². The standard InChI is InChI=1S/C8H11NO4/c1-4-5(2)6(7(10)11)9-8(12)13-3/h4,6H,1-2H2,3H3,(H,9,12)(H,10,11)/t6-/m0/s1. The molecule has 0 spiro atoms. The highest BCUT2D eigenvalue weighted by atomic mass is 16.5. The normalized spacial score (nSPS) is 11.2. The molecule has 0 saturated carbocycles. The Balaban J connectivity index is 4.44. The average molecular weight is 185 g/mol. The van der Waals surface area contributed by atoms with E-state index in [4.69, 9.17) is 5.11 Å². The Morgan fingerprint density at radius 3 is 2.46 bits per heavy atom. The SMILES string of the molecule is C=CC(=C)[C@H](NC(=O)OC)C(=O)O. The minimum atomic E-state index is -1.21. The van der Waals surface area contributed by atoms with E-state index in [9.17, 15) is 9.59 Å². The van der Waals surface area contributed by atoms with Crippen molar-refractivity contribution in [1.29, 1.82) is 0 Å². The maximum Gasteiger partial charge on any atom is 0.407 e. The van der Waals surface area contributed by atoms with Crippen molar-refractivity contribution >= 4 is 12.1 Å². The summed E-state index contributed by atoms with van der Waals surface area (Å²) in [4.78, 5) is 21.2. The van der Waals surface area contributed by atoms with Gasteiger partial charge in [0.25, 0.3) is 0 Å². The average Bonchev–Trinajstić information content (AvgIpc) is 2.11. The van der Waals surface area contributed by atoms with Gasteiger partial charge < -0.3 is 15.2 Å². The fraction of sp³-hybridized carbons (Fsp3) is 0.250. The predicted octanol–water partition coefficient (Wildman–Crippen LogP) is 0.538. The van der Waals surface area contributed by atoms with Gasteiger partial charge in [0, 0.05) is 0 Å². The van der Waals surface area contributed by atoms with Gasteiger partial charge in [-0.15, -0.1) is 0 Å². The van der Waals surface area contributed by atoms with Crippen LogP contribution >= 0.6 is 0 Å². The number of rotatable bonds is 4. The highest BCUT2D eigenvalue weighted by Gasteiger charge is 2.21. The molecule has 1 amide bonds. The monoisotopic (exact) mass is 185 g/mol. The Bertz CT molecular complexity index is 247. The molecule has 0 aliphatic heterocycles. The number of methoxy groups -OCH3 is 1. The lowest BCUT2D eigenvalue weighted by Crippen LogP contribution is -2.41. The van der Waals surface area contributed by atoms with Gasteiger partial charge in [-0.3, -0.25) is 0 Å². The highest BCUT2D eigenvalue weighted by Crippen LogP contribution is 2.00. The largest absolute Gasteiger partial charge is 0.479 e. The molecule has 0 aliphatic rings. The number of carbonyl (C=O) groups is 2. The molecular weight excluding hydrogens is 174 g/mol. The molecule has 0 bridgehead atoms. The zero-order chi connectivity index (χ0) is 10.4. The van der Waals surface area contributed by atoms with Crippen LogP contribution in [0.15, 0.2) is 24.8 Å². The molecule has 72 valence electrons. The van der Waals surface area contributed by atoms with Crippen LogP contribution in [0, 0.1) is 0 Å². The Kier molecular flexibility index (Phi) is 4.29. The second kappa shape index (κ2) is 4.97. The summed E-state index contributed by atoms with van der Waals surface area (Å²) in [6, 6.07) is -1.19. The number of nitrogens with one attached hydrogen (secondary N) is 1. The maximum absolute atomic E-state index is 10.7. The van der Waals surface area contributed by atoms with Crippen LogP contribution in [-0.4, -0.2) is 30.3 Å². The van der Waals surface area contributed by atoms with E-state index in [1.54, 1.807) is 0 Å². The van der Waals surface area contributed by atoms with E-state index in [0.29, 0.717) is 0 Å². The van der Waals surface area contributed by atoms with Crippen LogP contribution in [0.3, 0.4) is 0 Å². The minimum Gasteiger partial charge on any atom is -0.479 e. The summed E-state index contributed by atoms with van der Waals surface area (Å²) in [6.07, 6.45) is 0.435. The molecule has 0 fully saturated rings. The molecular formula is C8H11NO4. The van der Waals surface area contributed by atoms with E-state index in [0.717, 1.165) is 7.11 Å². The van der Waals surface area contributed by atoms with Crippen LogP contribution in [0.5, 0.6) is 0 Å². The van der Waals surface area contributed by atoms with Crippen molar-refractivity contribution in [2.45, 2.75) is 6.04 Å². The Labute approximate surface area is 75.7 Å². The third kappa shape index (κ3) is 3.42. The molecule has 2 N–H and O–H groups in total. The molecule has 0 rings (SSSR count). The minimum absolute atomic E-state index is 0.193. The van der Waals surface area contributed by atoms with Crippen molar-refractivity contribution in [3.8, 4) is 0 Å². The van der Waals surface area contributed by atoms with Gasteiger partial charge in [0.2, 0.25) is 0 Å². The molecule has 0 saturated heterocycles. The van der Waals surface area contributed by atoms with Crippen molar-refractivity contribution < 1.29 is 19.4 Å².